The van der Waals surface area contributed by atoms with Crippen LogP contribution < -0.4 is 5.56 Å². The highest BCUT2D eigenvalue weighted by Crippen LogP contribution is 2.25. The molecule has 0 unspecified atom stereocenters. The topological polar surface area (TPSA) is 68.1 Å². The molecule has 178 valence electrons. The number of rotatable bonds is 6. The van der Waals surface area contributed by atoms with Crippen molar-refractivity contribution >= 4 is 28.6 Å². The first-order valence-corrected chi connectivity index (χ1v) is 13.0. The van der Waals surface area contributed by atoms with Crippen molar-refractivity contribution < 1.29 is 4.79 Å². The highest BCUT2D eigenvalue weighted by Gasteiger charge is 2.24. The SMILES string of the molecule is Cc1cccnc1-n1c(SCC(=O)N2CCC(Cc3ccccc3)CC2)nc2ccccc2c1=O. The molecule has 1 aliphatic rings. The van der Waals surface area contributed by atoms with E-state index in [0.29, 0.717) is 27.8 Å². The molecule has 1 aliphatic heterocycles. The van der Waals surface area contributed by atoms with Crippen LogP contribution in [0.1, 0.15) is 24.0 Å². The minimum Gasteiger partial charge on any atom is -0.342 e. The number of hydrogen-bond donors (Lipinski definition) is 0. The molecule has 0 atom stereocenters. The summed E-state index contributed by atoms with van der Waals surface area (Å²) in [6.45, 7) is 3.46. The van der Waals surface area contributed by atoms with Gasteiger partial charge in [-0.05, 0) is 61.4 Å². The Balaban J connectivity index is 1.31. The van der Waals surface area contributed by atoms with Crippen LogP contribution in [-0.2, 0) is 11.2 Å². The lowest BCUT2D eigenvalue weighted by Gasteiger charge is -2.32. The predicted molar refractivity (Wildman–Crippen MR) is 140 cm³/mol. The van der Waals surface area contributed by atoms with E-state index in [0.717, 1.165) is 37.9 Å². The van der Waals surface area contributed by atoms with Gasteiger partial charge in [-0.3, -0.25) is 9.59 Å². The van der Waals surface area contributed by atoms with Crippen LogP contribution in [0.5, 0.6) is 0 Å². The second kappa shape index (κ2) is 10.4. The number of aromatic nitrogens is 3. The summed E-state index contributed by atoms with van der Waals surface area (Å²) in [5, 5.41) is 1.02. The number of amides is 1. The Morgan fingerprint density at radius 1 is 1.00 bits per heavy atom. The van der Waals surface area contributed by atoms with Crippen LogP contribution in [0.4, 0.5) is 0 Å². The first kappa shape index (κ1) is 23.3. The number of carbonyl (C=O) groups excluding carboxylic acids is 1. The van der Waals surface area contributed by atoms with Crippen LogP contribution in [-0.4, -0.2) is 44.2 Å². The molecular formula is C28H28N4O2S. The zero-order valence-electron chi connectivity index (χ0n) is 19.8. The highest BCUT2D eigenvalue weighted by molar-refractivity contribution is 7.99. The number of para-hydroxylation sites is 1. The fourth-order valence-corrected chi connectivity index (χ4v) is 5.56. The molecule has 2 aromatic carbocycles. The normalized spacial score (nSPS) is 14.4. The maximum absolute atomic E-state index is 13.4. The van der Waals surface area contributed by atoms with E-state index in [-0.39, 0.29) is 17.2 Å². The Morgan fingerprint density at radius 2 is 1.74 bits per heavy atom. The van der Waals surface area contributed by atoms with E-state index in [4.69, 9.17) is 4.98 Å². The summed E-state index contributed by atoms with van der Waals surface area (Å²) < 4.78 is 1.54. The molecule has 0 spiro atoms. The number of likely N-dealkylation sites (tertiary alicyclic amines) is 1. The number of benzene rings is 2. The molecule has 6 nitrogen and oxygen atoms in total. The maximum Gasteiger partial charge on any atom is 0.267 e. The molecule has 7 heteroatoms. The molecule has 4 aromatic rings. The van der Waals surface area contributed by atoms with Crippen molar-refractivity contribution in [2.45, 2.75) is 31.3 Å². The molecule has 1 amide bonds. The standard InChI is InChI=1S/C28H28N4O2S/c1-20-8-7-15-29-26(20)32-27(34)23-11-5-6-12-24(23)30-28(32)35-19-25(33)31-16-13-22(14-17-31)18-21-9-3-2-4-10-21/h2-12,15,22H,13-14,16-19H2,1H3. The van der Waals surface area contributed by atoms with Gasteiger partial charge in [0.2, 0.25) is 5.91 Å². The van der Waals surface area contributed by atoms with Gasteiger partial charge in [0.05, 0.1) is 16.7 Å². The summed E-state index contributed by atoms with van der Waals surface area (Å²) in [7, 11) is 0. The molecule has 0 saturated carbocycles. The third-order valence-corrected chi connectivity index (χ3v) is 7.52. The van der Waals surface area contributed by atoms with E-state index >= 15 is 0 Å². The van der Waals surface area contributed by atoms with Gasteiger partial charge in [-0.15, -0.1) is 0 Å². The van der Waals surface area contributed by atoms with E-state index in [9.17, 15) is 9.59 Å². The van der Waals surface area contributed by atoms with Gasteiger partial charge in [0.25, 0.3) is 5.56 Å². The first-order chi connectivity index (χ1) is 17.1. The van der Waals surface area contributed by atoms with Crippen molar-refractivity contribution in [3.8, 4) is 5.82 Å². The van der Waals surface area contributed by atoms with E-state index < -0.39 is 0 Å². The minimum atomic E-state index is -0.172. The molecule has 0 N–H and O–H groups in total. The number of piperidine rings is 1. The maximum atomic E-state index is 13.4. The lowest BCUT2D eigenvalue weighted by Crippen LogP contribution is -2.40. The molecule has 35 heavy (non-hydrogen) atoms. The molecule has 0 aliphatic carbocycles. The molecular weight excluding hydrogens is 456 g/mol. The Hall–Kier alpha value is -3.45. The zero-order chi connectivity index (χ0) is 24.2. The average molecular weight is 485 g/mol. The summed E-state index contributed by atoms with van der Waals surface area (Å²) in [5.74, 6) is 1.47. The smallest absolute Gasteiger partial charge is 0.267 e. The second-order valence-corrected chi connectivity index (χ2v) is 9.94. The predicted octanol–water partition coefficient (Wildman–Crippen LogP) is 4.66. The largest absolute Gasteiger partial charge is 0.342 e. The average Bonchev–Trinajstić information content (AvgIpc) is 2.89. The number of aryl methyl sites for hydroxylation is 1. The van der Waals surface area contributed by atoms with E-state index in [1.165, 1.54) is 17.3 Å². The molecule has 2 aromatic heterocycles. The van der Waals surface area contributed by atoms with Gasteiger partial charge in [-0.1, -0.05) is 60.3 Å². The second-order valence-electron chi connectivity index (χ2n) is 9.00. The Bertz CT molecular complexity index is 1400. The number of carbonyl (C=O) groups is 1. The van der Waals surface area contributed by atoms with Crippen LogP contribution in [0.3, 0.4) is 0 Å². The van der Waals surface area contributed by atoms with Crippen molar-refractivity contribution in [1.29, 1.82) is 0 Å². The van der Waals surface area contributed by atoms with Gasteiger partial charge in [0.15, 0.2) is 5.16 Å². The number of pyridine rings is 1. The third kappa shape index (κ3) is 5.15. The van der Waals surface area contributed by atoms with Crippen molar-refractivity contribution in [2.24, 2.45) is 5.92 Å². The minimum absolute atomic E-state index is 0.0832. The van der Waals surface area contributed by atoms with Crippen LogP contribution in [0.2, 0.25) is 0 Å². The van der Waals surface area contributed by atoms with E-state index in [1.54, 1.807) is 16.8 Å². The first-order valence-electron chi connectivity index (χ1n) is 12.0. The molecule has 1 fully saturated rings. The Morgan fingerprint density at radius 3 is 2.51 bits per heavy atom. The quantitative estimate of drug-likeness (QED) is 0.294. The van der Waals surface area contributed by atoms with Crippen molar-refractivity contribution in [3.63, 3.8) is 0 Å². The van der Waals surface area contributed by atoms with Crippen molar-refractivity contribution in [2.75, 3.05) is 18.8 Å². The van der Waals surface area contributed by atoms with E-state index in [2.05, 4.69) is 29.2 Å². The Labute approximate surface area is 209 Å². The lowest BCUT2D eigenvalue weighted by molar-refractivity contribution is -0.129. The van der Waals surface area contributed by atoms with Gasteiger partial charge >= 0.3 is 0 Å². The van der Waals surface area contributed by atoms with Gasteiger partial charge in [-0.2, -0.15) is 0 Å². The van der Waals surface area contributed by atoms with Crippen molar-refractivity contribution in [3.05, 3.63) is 94.4 Å². The molecule has 5 rings (SSSR count). The number of hydrogen-bond acceptors (Lipinski definition) is 5. The van der Waals surface area contributed by atoms with Crippen LogP contribution in [0.15, 0.2) is 82.9 Å². The monoisotopic (exact) mass is 484 g/mol. The van der Waals surface area contributed by atoms with Gasteiger partial charge in [0.1, 0.15) is 5.82 Å². The summed E-state index contributed by atoms with van der Waals surface area (Å²) >= 11 is 1.31. The lowest BCUT2D eigenvalue weighted by atomic mass is 9.90. The van der Waals surface area contributed by atoms with E-state index in [1.807, 2.05) is 48.2 Å². The molecule has 1 saturated heterocycles. The summed E-state index contributed by atoms with van der Waals surface area (Å²) in [6.07, 6.45) is 4.76. The van der Waals surface area contributed by atoms with Gasteiger partial charge in [-0.25, -0.2) is 14.5 Å². The number of nitrogens with zero attached hydrogens (tertiary/aromatic N) is 4. The molecule has 0 radical (unpaired) electrons. The Kier molecular flexibility index (Phi) is 6.95. The fraction of sp³-hybridized carbons (Fsp3) is 0.286. The third-order valence-electron chi connectivity index (χ3n) is 6.60. The van der Waals surface area contributed by atoms with Gasteiger partial charge < -0.3 is 4.90 Å². The summed E-state index contributed by atoms with van der Waals surface area (Å²) in [5.41, 5.74) is 2.69. The number of fused-ring (bicyclic) bond motifs is 1. The van der Waals surface area contributed by atoms with Gasteiger partial charge in [0, 0.05) is 19.3 Å². The number of thioether (sulfide) groups is 1. The zero-order valence-corrected chi connectivity index (χ0v) is 20.6. The fourth-order valence-electron chi connectivity index (χ4n) is 4.66. The van der Waals surface area contributed by atoms with Crippen LogP contribution >= 0.6 is 11.8 Å². The highest BCUT2D eigenvalue weighted by atomic mass is 32.2. The summed E-state index contributed by atoms with van der Waals surface area (Å²) in [6, 6.07) is 21.6. The van der Waals surface area contributed by atoms with Crippen LogP contribution in [0, 0.1) is 12.8 Å². The molecule has 3 heterocycles. The molecule has 0 bridgehead atoms. The van der Waals surface area contributed by atoms with Crippen LogP contribution in [0.25, 0.3) is 16.7 Å². The summed E-state index contributed by atoms with van der Waals surface area (Å²) in [4.78, 5) is 37.6. The van der Waals surface area contributed by atoms with Crippen molar-refractivity contribution in [1.82, 2.24) is 19.4 Å².